The number of nitrogens with zero attached hydrogens (tertiary/aromatic N) is 3. The van der Waals surface area contributed by atoms with E-state index in [1.165, 1.54) is 0 Å². The molecule has 0 aromatic carbocycles. The van der Waals surface area contributed by atoms with Gasteiger partial charge in [-0.05, 0) is 24.3 Å². The summed E-state index contributed by atoms with van der Waals surface area (Å²) >= 11 is 0. The molecule has 0 aromatic rings. The van der Waals surface area contributed by atoms with Crippen LogP contribution in [0.25, 0.3) is 10.4 Å². The normalized spacial score (nSPS) is 21.1. The molecule has 0 radical (unpaired) electrons. The van der Waals surface area contributed by atoms with Gasteiger partial charge in [-0.3, -0.25) is 9.59 Å². The van der Waals surface area contributed by atoms with Crippen LogP contribution in [0.3, 0.4) is 0 Å². The van der Waals surface area contributed by atoms with Crippen molar-refractivity contribution in [3.8, 4) is 0 Å². The number of nitrogens with one attached hydrogen (secondary N) is 2. The Bertz CT molecular complexity index is 520. The number of carbonyl (C=O) groups is 3. The third-order valence-electron chi connectivity index (χ3n) is 3.83. The Kier molecular flexibility index (Phi) is 8.00. The Morgan fingerprint density at radius 2 is 2.04 bits per heavy atom. The molecule has 0 spiro atoms. The van der Waals surface area contributed by atoms with Crippen molar-refractivity contribution >= 4 is 17.8 Å². The highest BCUT2D eigenvalue weighted by Crippen LogP contribution is 2.23. The monoisotopic (exact) mass is 341 g/mol. The molecule has 3 N–H and O–H groups in total. The van der Waals surface area contributed by atoms with Gasteiger partial charge in [0.25, 0.3) is 5.91 Å². The smallest absolute Gasteiger partial charge is 0.336 e. The number of hydrogen-bond acceptors (Lipinski definition) is 5. The van der Waals surface area contributed by atoms with Gasteiger partial charge in [0.1, 0.15) is 6.04 Å². The molecule has 4 atom stereocenters. The first kappa shape index (κ1) is 19.7. The van der Waals surface area contributed by atoms with E-state index in [2.05, 4.69) is 20.7 Å². The molecule has 0 saturated carbocycles. The summed E-state index contributed by atoms with van der Waals surface area (Å²) in [6, 6.07) is -0.752. The summed E-state index contributed by atoms with van der Waals surface area (Å²) in [7, 11) is 0. The van der Waals surface area contributed by atoms with E-state index < -0.39 is 30.1 Å². The van der Waals surface area contributed by atoms with Gasteiger partial charge in [-0.25, -0.2) is 4.79 Å². The molecule has 0 bridgehead atoms. The summed E-state index contributed by atoms with van der Waals surface area (Å²) < 4.78 is 4.79. The number of aliphatic carboxylic acids is 1. The lowest BCUT2D eigenvalue weighted by Gasteiger charge is -2.23. The van der Waals surface area contributed by atoms with Crippen molar-refractivity contribution < 1.29 is 24.2 Å². The summed E-state index contributed by atoms with van der Waals surface area (Å²) in [4.78, 5) is 37.6. The van der Waals surface area contributed by atoms with Crippen LogP contribution in [0.2, 0.25) is 0 Å². The topological polar surface area (TPSA) is 157 Å². The van der Waals surface area contributed by atoms with Crippen LogP contribution in [0.4, 0.5) is 0 Å². The van der Waals surface area contributed by atoms with E-state index in [0.29, 0.717) is 32.4 Å². The molecule has 0 aliphatic carbocycles. The largest absolute Gasteiger partial charge is 0.479 e. The molecule has 10 nitrogen and oxygen atoms in total. The molecule has 0 unspecified atom stereocenters. The van der Waals surface area contributed by atoms with Crippen molar-refractivity contribution in [2.24, 2.45) is 11.0 Å². The lowest BCUT2D eigenvalue weighted by atomic mass is 9.98. The van der Waals surface area contributed by atoms with Crippen LogP contribution in [0.1, 0.15) is 33.1 Å². The van der Waals surface area contributed by atoms with Crippen LogP contribution in [0.15, 0.2) is 5.11 Å². The minimum absolute atomic E-state index is 0.112. The van der Waals surface area contributed by atoms with Crippen molar-refractivity contribution in [2.45, 2.75) is 51.4 Å². The molecule has 24 heavy (non-hydrogen) atoms. The second-order valence-corrected chi connectivity index (χ2v) is 5.64. The van der Waals surface area contributed by atoms with Crippen molar-refractivity contribution in [1.29, 1.82) is 0 Å². The fourth-order valence-corrected chi connectivity index (χ4v) is 2.11. The van der Waals surface area contributed by atoms with Gasteiger partial charge >= 0.3 is 5.97 Å². The predicted octanol–water partition coefficient (Wildman–Crippen LogP) is 0.576. The Morgan fingerprint density at radius 3 is 2.58 bits per heavy atom. The minimum Gasteiger partial charge on any atom is -0.479 e. The first-order valence-electron chi connectivity index (χ1n) is 7.89. The Labute approximate surface area is 139 Å². The lowest BCUT2D eigenvalue weighted by Crippen LogP contribution is -2.51. The number of epoxide rings is 1. The number of ether oxygens (including phenoxy) is 1. The van der Waals surface area contributed by atoms with Crippen LogP contribution in [0.5, 0.6) is 0 Å². The van der Waals surface area contributed by atoms with Gasteiger partial charge in [0, 0.05) is 18.0 Å². The van der Waals surface area contributed by atoms with Crippen LogP contribution in [-0.4, -0.2) is 54.2 Å². The number of rotatable bonds is 11. The zero-order valence-electron chi connectivity index (χ0n) is 13.8. The number of carbonyl (C=O) groups excluding carboxylic acids is 2. The van der Waals surface area contributed by atoms with E-state index >= 15 is 0 Å². The average molecular weight is 341 g/mol. The SMILES string of the molecule is CC[C@H](C)[C@H](NC(=O)[C@H]1O[C@@H]1C(=O)O)C(=O)NCCCCN=[N+]=[N-]. The van der Waals surface area contributed by atoms with Gasteiger partial charge in [-0.15, -0.1) is 0 Å². The number of azide groups is 1. The van der Waals surface area contributed by atoms with E-state index in [-0.39, 0.29) is 11.8 Å². The van der Waals surface area contributed by atoms with Gasteiger partial charge in [0.15, 0.2) is 12.2 Å². The molecular weight excluding hydrogens is 318 g/mol. The summed E-state index contributed by atoms with van der Waals surface area (Å²) in [5, 5.41) is 17.5. The van der Waals surface area contributed by atoms with Crippen LogP contribution < -0.4 is 10.6 Å². The van der Waals surface area contributed by atoms with Gasteiger partial charge < -0.3 is 20.5 Å². The van der Waals surface area contributed by atoms with E-state index in [1.54, 1.807) is 0 Å². The second-order valence-electron chi connectivity index (χ2n) is 5.64. The highest BCUT2D eigenvalue weighted by Gasteiger charge is 2.51. The van der Waals surface area contributed by atoms with Gasteiger partial charge in [-0.1, -0.05) is 25.4 Å². The molecule has 0 aromatic heterocycles. The summed E-state index contributed by atoms with van der Waals surface area (Å²) in [6.07, 6.45) is -0.194. The lowest BCUT2D eigenvalue weighted by molar-refractivity contribution is -0.138. The number of carboxylic acid groups (broad SMARTS) is 1. The molecule has 10 heteroatoms. The zero-order chi connectivity index (χ0) is 18.1. The Morgan fingerprint density at radius 1 is 1.33 bits per heavy atom. The van der Waals surface area contributed by atoms with Crippen molar-refractivity contribution in [3.63, 3.8) is 0 Å². The summed E-state index contributed by atoms with van der Waals surface area (Å²) in [5.74, 6) is -2.22. The fourth-order valence-electron chi connectivity index (χ4n) is 2.11. The standard InChI is InChI=1S/C14H23N5O5/c1-3-8(2)9(12(20)16-6-4-5-7-17-19-15)18-13(21)10-11(24-10)14(22)23/h8-11H,3-7H2,1-2H3,(H,16,20)(H,18,21)(H,22,23)/t8-,9-,10-,11-/m0/s1. The van der Waals surface area contributed by atoms with E-state index in [1.807, 2.05) is 13.8 Å². The van der Waals surface area contributed by atoms with Crippen LogP contribution in [0, 0.1) is 5.92 Å². The Hall–Kier alpha value is -2.32. The molecule has 1 aliphatic rings. The van der Waals surface area contributed by atoms with E-state index in [0.717, 1.165) is 0 Å². The molecule has 2 amide bonds. The molecule has 1 fully saturated rings. The van der Waals surface area contributed by atoms with Gasteiger partial charge in [0.2, 0.25) is 5.91 Å². The zero-order valence-corrected chi connectivity index (χ0v) is 13.8. The fraction of sp³-hybridized carbons (Fsp3) is 0.786. The van der Waals surface area contributed by atoms with Crippen LogP contribution >= 0.6 is 0 Å². The predicted molar refractivity (Wildman–Crippen MR) is 83.9 cm³/mol. The van der Waals surface area contributed by atoms with Gasteiger partial charge in [-0.2, -0.15) is 0 Å². The molecule has 1 aliphatic heterocycles. The third-order valence-corrected chi connectivity index (χ3v) is 3.83. The first-order chi connectivity index (χ1) is 11.4. The van der Waals surface area contributed by atoms with Crippen molar-refractivity contribution in [2.75, 3.05) is 13.1 Å². The minimum atomic E-state index is -1.19. The molecule has 1 rings (SSSR count). The number of amides is 2. The summed E-state index contributed by atoms with van der Waals surface area (Å²) in [5.41, 5.74) is 8.16. The third kappa shape index (κ3) is 6.05. The number of unbranched alkanes of at least 4 members (excludes halogenated alkanes) is 1. The molecule has 1 heterocycles. The number of hydrogen-bond donors (Lipinski definition) is 3. The maximum Gasteiger partial charge on any atom is 0.336 e. The highest BCUT2D eigenvalue weighted by atomic mass is 16.6. The van der Waals surface area contributed by atoms with E-state index in [9.17, 15) is 14.4 Å². The molecular formula is C14H23N5O5. The Balaban J connectivity index is 2.46. The molecule has 1 saturated heterocycles. The van der Waals surface area contributed by atoms with E-state index in [4.69, 9.17) is 15.4 Å². The molecule has 134 valence electrons. The van der Waals surface area contributed by atoms with Gasteiger partial charge in [0.05, 0.1) is 0 Å². The van der Waals surface area contributed by atoms with Crippen LogP contribution in [-0.2, 0) is 19.1 Å². The highest BCUT2D eigenvalue weighted by molar-refractivity contribution is 5.95. The average Bonchev–Trinajstić information content (AvgIpc) is 3.35. The number of carboxylic acids is 1. The maximum atomic E-state index is 12.3. The van der Waals surface area contributed by atoms with Crippen molar-refractivity contribution in [3.05, 3.63) is 10.4 Å². The second kappa shape index (κ2) is 9.74. The maximum absolute atomic E-state index is 12.3. The summed E-state index contributed by atoms with van der Waals surface area (Å²) in [6.45, 7) is 4.49. The quantitative estimate of drug-likeness (QED) is 0.165. The first-order valence-corrected chi connectivity index (χ1v) is 7.89. The van der Waals surface area contributed by atoms with Crippen molar-refractivity contribution in [1.82, 2.24) is 10.6 Å².